The number of aromatic nitrogens is 3. The molecule has 0 unspecified atom stereocenters. The van der Waals surface area contributed by atoms with Crippen LogP contribution in [-0.4, -0.2) is 27.8 Å². The van der Waals surface area contributed by atoms with E-state index in [1.807, 2.05) is 18.2 Å². The van der Waals surface area contributed by atoms with Crippen LogP contribution < -0.4 is 10.1 Å². The number of carbonyl (C=O) groups excluding carboxylic acids is 1. The molecule has 0 aliphatic rings. The third kappa shape index (κ3) is 4.14. The molecule has 2 heterocycles. The Balaban J connectivity index is 1.65. The molecule has 0 spiro atoms. The van der Waals surface area contributed by atoms with Crippen molar-refractivity contribution in [1.82, 2.24) is 14.8 Å². The Kier molecular flexibility index (Phi) is 5.31. The quantitative estimate of drug-likeness (QED) is 0.505. The van der Waals surface area contributed by atoms with Gasteiger partial charge in [0.2, 0.25) is 11.8 Å². The molecule has 1 N–H and O–H groups in total. The van der Waals surface area contributed by atoms with Crippen LogP contribution in [0.4, 0.5) is 5.95 Å². The third-order valence-corrected chi connectivity index (χ3v) is 4.45. The van der Waals surface area contributed by atoms with Gasteiger partial charge in [0.25, 0.3) is 5.91 Å². The van der Waals surface area contributed by atoms with Crippen molar-refractivity contribution >= 4 is 23.5 Å². The highest BCUT2D eigenvalue weighted by molar-refractivity contribution is 6.30. The summed E-state index contributed by atoms with van der Waals surface area (Å²) < 4.78 is 11.7. The maximum absolute atomic E-state index is 13.0. The number of ether oxygens (including phenoxy) is 1. The second-order valence-electron chi connectivity index (χ2n) is 6.17. The Hall–Kier alpha value is -3.58. The van der Waals surface area contributed by atoms with Crippen molar-refractivity contribution in [3.8, 4) is 17.3 Å². The standard InChI is InChI=1S/C21H17ClN4O3/c1-28-17-9-7-15(8-10-17)20(27)26-21(23-13-14-4-2-5-16(22)12-14)24-19(25-26)18-6-3-11-29-18/h2-12H,13H2,1H3,(H,23,24,25). The maximum atomic E-state index is 13.0. The summed E-state index contributed by atoms with van der Waals surface area (Å²) in [5.41, 5.74) is 1.40. The average molecular weight is 409 g/mol. The lowest BCUT2D eigenvalue weighted by atomic mass is 10.2. The summed E-state index contributed by atoms with van der Waals surface area (Å²) in [7, 11) is 1.57. The van der Waals surface area contributed by atoms with Crippen LogP contribution in [0, 0.1) is 0 Å². The molecule has 146 valence electrons. The van der Waals surface area contributed by atoms with Crippen LogP contribution in [-0.2, 0) is 6.54 Å². The third-order valence-electron chi connectivity index (χ3n) is 4.22. The molecule has 0 radical (unpaired) electrons. The SMILES string of the molecule is COc1ccc(C(=O)n2nc(-c3ccco3)nc2NCc2cccc(Cl)c2)cc1. The van der Waals surface area contributed by atoms with Gasteiger partial charge < -0.3 is 14.5 Å². The summed E-state index contributed by atoms with van der Waals surface area (Å²) in [5, 5.41) is 8.14. The molecule has 4 rings (SSSR count). The van der Waals surface area contributed by atoms with Crippen molar-refractivity contribution in [1.29, 1.82) is 0 Å². The number of methoxy groups -OCH3 is 1. The molecule has 4 aromatic rings. The zero-order valence-corrected chi connectivity index (χ0v) is 16.3. The molecule has 2 aromatic carbocycles. The van der Waals surface area contributed by atoms with Gasteiger partial charge in [-0.2, -0.15) is 9.67 Å². The van der Waals surface area contributed by atoms with Crippen LogP contribution in [0.5, 0.6) is 5.75 Å². The molecule has 8 heteroatoms. The molecule has 0 fully saturated rings. The molecule has 0 bridgehead atoms. The molecule has 0 aliphatic carbocycles. The Morgan fingerprint density at radius 2 is 2.00 bits per heavy atom. The van der Waals surface area contributed by atoms with Gasteiger partial charge in [0.1, 0.15) is 5.75 Å². The van der Waals surface area contributed by atoms with Gasteiger partial charge in [0.15, 0.2) is 5.76 Å². The highest BCUT2D eigenvalue weighted by Gasteiger charge is 2.20. The molecule has 0 aliphatic heterocycles. The number of nitrogens with one attached hydrogen (secondary N) is 1. The fraction of sp³-hybridized carbons (Fsp3) is 0.0952. The van der Waals surface area contributed by atoms with Crippen LogP contribution in [0.15, 0.2) is 71.3 Å². The Morgan fingerprint density at radius 3 is 2.69 bits per heavy atom. The first-order valence-corrected chi connectivity index (χ1v) is 9.20. The number of nitrogens with zero attached hydrogens (tertiary/aromatic N) is 3. The van der Waals surface area contributed by atoms with Gasteiger partial charge in [-0.1, -0.05) is 23.7 Å². The summed E-state index contributed by atoms with van der Waals surface area (Å²) in [5.74, 6) is 1.42. The number of hydrogen-bond donors (Lipinski definition) is 1. The lowest BCUT2D eigenvalue weighted by Gasteiger charge is -2.08. The van der Waals surface area contributed by atoms with Crippen molar-refractivity contribution in [2.75, 3.05) is 12.4 Å². The second-order valence-corrected chi connectivity index (χ2v) is 6.60. The topological polar surface area (TPSA) is 82.2 Å². The molecule has 0 atom stereocenters. The number of carbonyl (C=O) groups is 1. The minimum atomic E-state index is -0.327. The predicted octanol–water partition coefficient (Wildman–Crippen LogP) is 4.50. The number of benzene rings is 2. The first-order chi connectivity index (χ1) is 14.1. The van der Waals surface area contributed by atoms with E-state index in [4.69, 9.17) is 20.8 Å². The summed E-state index contributed by atoms with van der Waals surface area (Å²) in [4.78, 5) is 17.5. The highest BCUT2D eigenvalue weighted by atomic mass is 35.5. The monoisotopic (exact) mass is 408 g/mol. The number of halogens is 1. The number of anilines is 1. The van der Waals surface area contributed by atoms with Crippen LogP contribution in [0.1, 0.15) is 15.9 Å². The predicted molar refractivity (Wildman–Crippen MR) is 109 cm³/mol. The van der Waals surface area contributed by atoms with Crippen LogP contribution in [0.2, 0.25) is 5.02 Å². The van der Waals surface area contributed by atoms with E-state index in [2.05, 4.69) is 15.4 Å². The van der Waals surface area contributed by atoms with E-state index >= 15 is 0 Å². The van der Waals surface area contributed by atoms with E-state index in [-0.39, 0.29) is 5.91 Å². The minimum absolute atomic E-state index is 0.303. The summed E-state index contributed by atoms with van der Waals surface area (Å²) in [6, 6.07) is 17.7. The van der Waals surface area contributed by atoms with Crippen molar-refractivity contribution in [3.05, 3.63) is 83.1 Å². The fourth-order valence-electron chi connectivity index (χ4n) is 2.76. The van der Waals surface area contributed by atoms with Gasteiger partial charge >= 0.3 is 0 Å². The molecule has 0 saturated heterocycles. The van der Waals surface area contributed by atoms with Gasteiger partial charge in [-0.05, 0) is 54.1 Å². The summed E-state index contributed by atoms with van der Waals surface area (Å²) in [6.07, 6.45) is 1.53. The first kappa shape index (κ1) is 18.8. The first-order valence-electron chi connectivity index (χ1n) is 8.82. The zero-order valence-electron chi connectivity index (χ0n) is 15.5. The van der Waals surface area contributed by atoms with E-state index < -0.39 is 0 Å². The van der Waals surface area contributed by atoms with Crippen LogP contribution in [0.3, 0.4) is 0 Å². The summed E-state index contributed by atoms with van der Waals surface area (Å²) >= 11 is 6.05. The molecule has 2 aromatic heterocycles. The molecular weight excluding hydrogens is 392 g/mol. The molecule has 7 nitrogen and oxygen atoms in total. The van der Waals surface area contributed by atoms with Gasteiger partial charge in [0, 0.05) is 17.1 Å². The van der Waals surface area contributed by atoms with E-state index in [1.54, 1.807) is 49.6 Å². The van der Waals surface area contributed by atoms with Gasteiger partial charge in [0.05, 0.1) is 13.4 Å². The minimum Gasteiger partial charge on any atom is -0.497 e. The number of furan rings is 1. The fourth-order valence-corrected chi connectivity index (χ4v) is 2.98. The Bertz CT molecular complexity index is 1120. The summed E-state index contributed by atoms with van der Waals surface area (Å²) in [6.45, 7) is 0.423. The van der Waals surface area contributed by atoms with Crippen LogP contribution >= 0.6 is 11.6 Å². The number of hydrogen-bond acceptors (Lipinski definition) is 6. The molecule has 0 amide bonds. The second kappa shape index (κ2) is 8.20. The normalized spacial score (nSPS) is 10.7. The van der Waals surface area contributed by atoms with Gasteiger partial charge in [-0.25, -0.2) is 0 Å². The Morgan fingerprint density at radius 1 is 1.17 bits per heavy atom. The molecule has 0 saturated carbocycles. The zero-order chi connectivity index (χ0) is 20.2. The van der Waals surface area contributed by atoms with Gasteiger partial charge in [-0.15, -0.1) is 5.10 Å². The van der Waals surface area contributed by atoms with Crippen molar-refractivity contribution in [2.45, 2.75) is 6.54 Å². The lowest BCUT2D eigenvalue weighted by molar-refractivity contribution is 0.0947. The number of rotatable bonds is 6. The highest BCUT2D eigenvalue weighted by Crippen LogP contribution is 2.21. The molecular formula is C21H17ClN4O3. The van der Waals surface area contributed by atoms with E-state index in [0.717, 1.165) is 5.56 Å². The molecule has 29 heavy (non-hydrogen) atoms. The lowest BCUT2D eigenvalue weighted by Crippen LogP contribution is -2.17. The smallest absolute Gasteiger partial charge is 0.281 e. The van der Waals surface area contributed by atoms with Gasteiger partial charge in [-0.3, -0.25) is 4.79 Å². The van der Waals surface area contributed by atoms with Crippen molar-refractivity contribution in [3.63, 3.8) is 0 Å². The van der Waals surface area contributed by atoms with E-state index in [0.29, 0.717) is 40.4 Å². The largest absolute Gasteiger partial charge is 0.497 e. The van der Waals surface area contributed by atoms with Crippen molar-refractivity contribution < 1.29 is 13.9 Å². The van der Waals surface area contributed by atoms with E-state index in [1.165, 1.54) is 10.9 Å². The Labute approximate surface area is 171 Å². The van der Waals surface area contributed by atoms with E-state index in [9.17, 15) is 4.79 Å². The average Bonchev–Trinajstić information content (AvgIpc) is 3.42. The van der Waals surface area contributed by atoms with Crippen LogP contribution in [0.25, 0.3) is 11.6 Å². The van der Waals surface area contributed by atoms with Crippen molar-refractivity contribution in [2.24, 2.45) is 0 Å². The maximum Gasteiger partial charge on any atom is 0.281 e.